The summed E-state index contributed by atoms with van der Waals surface area (Å²) >= 11 is 0. The van der Waals surface area contributed by atoms with E-state index in [-0.39, 0.29) is 112 Å². The van der Waals surface area contributed by atoms with Crippen molar-refractivity contribution >= 4 is 30.2 Å². The summed E-state index contributed by atoms with van der Waals surface area (Å²) in [4.78, 5) is 63.2. The highest BCUT2D eigenvalue weighted by atomic mass is 16.7. The Morgan fingerprint density at radius 1 is 0.373 bits per heavy atom. The lowest BCUT2D eigenvalue weighted by Crippen LogP contribution is -2.23. The van der Waals surface area contributed by atoms with Crippen molar-refractivity contribution in [3.05, 3.63) is 149 Å². The van der Waals surface area contributed by atoms with Crippen LogP contribution in [0.3, 0.4) is 0 Å². The molecule has 0 aliphatic heterocycles. The largest absolute Gasteiger partial charge is 0.467 e. The minimum absolute atomic E-state index is 0.0816. The van der Waals surface area contributed by atoms with Gasteiger partial charge in [0.2, 0.25) is 0 Å². The van der Waals surface area contributed by atoms with Gasteiger partial charge in [-0.15, -0.1) is 0 Å². The Morgan fingerprint density at radius 3 is 0.893 bits per heavy atom. The zero-order valence-corrected chi connectivity index (χ0v) is 42.3. The van der Waals surface area contributed by atoms with Gasteiger partial charge in [0.1, 0.15) is 77.4 Å². The fraction of sp³-hybridized carbons (Fsp3) is 0.364. The van der Waals surface area contributed by atoms with Crippen molar-refractivity contribution in [1.29, 1.82) is 0 Å². The molecule has 0 heterocycles. The summed E-state index contributed by atoms with van der Waals surface area (Å²) in [6, 6.07) is 32.6. The molecule has 0 radical (unpaired) electrons. The van der Waals surface area contributed by atoms with Crippen molar-refractivity contribution in [3.63, 3.8) is 0 Å². The maximum atomic E-state index is 13.1. The van der Waals surface area contributed by atoms with E-state index in [1.807, 2.05) is 0 Å². The average molecular weight is 1040 g/mol. The highest BCUT2D eigenvalue weighted by Crippen LogP contribution is 2.24. The second-order valence-electron chi connectivity index (χ2n) is 16.4. The standard InChI is InChI=1S/C55H62O20/c1-37(26-56)66-32-72-48-22-12-7-17-43(48)52(58)63-29-39(3)68-34-74-50-24-14-9-19-45(50)54(60)65-31-41(5)70-36-75-51-25-15-10-20-46(51)55(61)64-30-40(4)69-35-73-49-23-13-8-18-44(49)53(59)62-28-38(2)67-33-71-47-21-11-6-16-42(47)27-57/h6-25,27,37-41,56H,26,28-36H2,1-5H3. The Balaban J connectivity index is 0.966. The van der Waals surface area contributed by atoms with Crippen LogP contribution in [0, 0.1) is 0 Å². The zero-order valence-electron chi connectivity index (χ0n) is 42.3. The number of aliphatic hydroxyl groups is 1. The smallest absolute Gasteiger partial charge is 0.342 e. The molecule has 0 saturated heterocycles. The first-order chi connectivity index (χ1) is 36.4. The number of aliphatic hydroxyl groups excluding tert-OH is 1. The third-order valence-corrected chi connectivity index (χ3v) is 10.4. The van der Waals surface area contributed by atoms with Crippen LogP contribution in [-0.2, 0) is 42.6 Å². The number of aldehydes is 1. The molecule has 1 N–H and O–H groups in total. The van der Waals surface area contributed by atoms with Gasteiger partial charge in [0.05, 0.1) is 42.7 Å². The van der Waals surface area contributed by atoms with Crippen LogP contribution in [0.5, 0.6) is 28.7 Å². The number of para-hydroxylation sites is 5. The van der Waals surface area contributed by atoms with Crippen molar-refractivity contribution in [3.8, 4) is 28.7 Å². The number of benzene rings is 5. The molecule has 5 aromatic carbocycles. The second kappa shape index (κ2) is 31.9. The predicted octanol–water partition coefficient (Wildman–Crippen LogP) is 7.63. The lowest BCUT2D eigenvalue weighted by molar-refractivity contribution is -0.0586. The first-order valence-electron chi connectivity index (χ1n) is 23.8. The van der Waals surface area contributed by atoms with Gasteiger partial charge in [-0.3, -0.25) is 4.79 Å². The van der Waals surface area contributed by atoms with Crippen molar-refractivity contribution in [2.75, 3.05) is 67.0 Å². The van der Waals surface area contributed by atoms with Gasteiger partial charge in [-0.05, 0) is 95.3 Å². The Hall–Kier alpha value is -7.59. The Kier molecular flexibility index (Phi) is 24.8. The van der Waals surface area contributed by atoms with Crippen LogP contribution in [0.4, 0.5) is 0 Å². The van der Waals surface area contributed by atoms with E-state index in [4.69, 9.17) is 71.4 Å². The molecule has 0 aromatic heterocycles. The number of carbonyl (C=O) groups is 5. The van der Waals surface area contributed by atoms with E-state index in [9.17, 15) is 24.0 Å². The molecule has 20 nitrogen and oxygen atoms in total. The van der Waals surface area contributed by atoms with Crippen LogP contribution < -0.4 is 23.7 Å². The monoisotopic (exact) mass is 1040 g/mol. The lowest BCUT2D eigenvalue weighted by atomic mass is 10.2. The summed E-state index contributed by atoms with van der Waals surface area (Å²) in [5.74, 6) is -1.42. The van der Waals surface area contributed by atoms with Crippen molar-refractivity contribution in [2.45, 2.75) is 65.1 Å². The first kappa shape index (κ1) is 58.3. The fourth-order valence-corrected chi connectivity index (χ4v) is 6.15. The van der Waals surface area contributed by atoms with Gasteiger partial charge in [0.15, 0.2) is 40.3 Å². The van der Waals surface area contributed by atoms with Gasteiger partial charge in [-0.1, -0.05) is 60.7 Å². The molecule has 0 fully saturated rings. The molecule has 5 rings (SSSR count). The fourth-order valence-electron chi connectivity index (χ4n) is 6.15. The molecular formula is C55H62O20. The number of esters is 4. The maximum absolute atomic E-state index is 13.1. The van der Waals surface area contributed by atoms with Crippen LogP contribution in [0.15, 0.2) is 121 Å². The van der Waals surface area contributed by atoms with Crippen LogP contribution in [0.25, 0.3) is 0 Å². The summed E-state index contributed by atoms with van der Waals surface area (Å²) in [6.45, 7) is 6.60. The average Bonchev–Trinajstić information content (AvgIpc) is 3.43. The van der Waals surface area contributed by atoms with Crippen molar-refractivity contribution in [1.82, 2.24) is 0 Å². The molecule has 0 aliphatic carbocycles. The minimum Gasteiger partial charge on any atom is -0.467 e. The first-order valence-corrected chi connectivity index (χ1v) is 23.8. The van der Waals surface area contributed by atoms with E-state index in [0.717, 1.165) is 0 Å². The number of hydrogen-bond acceptors (Lipinski definition) is 20. The minimum atomic E-state index is -0.683. The molecular weight excluding hydrogens is 981 g/mol. The van der Waals surface area contributed by atoms with E-state index in [0.29, 0.717) is 17.6 Å². The third kappa shape index (κ3) is 20.0. The molecule has 5 unspecified atom stereocenters. The summed E-state index contributed by atoms with van der Waals surface area (Å²) < 4.78 is 78.1. The number of rotatable bonds is 34. The molecule has 5 aromatic rings. The molecule has 75 heavy (non-hydrogen) atoms. The van der Waals surface area contributed by atoms with Crippen LogP contribution in [-0.4, -0.2) is 133 Å². The van der Waals surface area contributed by atoms with Gasteiger partial charge in [-0.2, -0.15) is 0 Å². The highest BCUT2D eigenvalue weighted by molar-refractivity contribution is 5.94. The normalized spacial score (nSPS) is 12.9. The van der Waals surface area contributed by atoms with Crippen LogP contribution >= 0.6 is 0 Å². The van der Waals surface area contributed by atoms with Crippen LogP contribution in [0.2, 0.25) is 0 Å². The SMILES string of the molecule is CC(CO)OCOc1ccccc1C(=O)OCC(C)OCOc1ccccc1C(=O)OCC(C)OCOc1ccccc1C(=O)OCC(C)OCOc1ccccc1C(=O)OCC(C)OCOc1ccccc1C=O. The summed E-state index contributed by atoms with van der Waals surface area (Å²) in [5, 5.41) is 9.13. The van der Waals surface area contributed by atoms with E-state index >= 15 is 0 Å². The van der Waals surface area contributed by atoms with Gasteiger partial charge in [-0.25, -0.2) is 19.2 Å². The zero-order chi connectivity index (χ0) is 53.8. The molecule has 5 atom stereocenters. The van der Waals surface area contributed by atoms with Gasteiger partial charge in [0.25, 0.3) is 0 Å². The molecule has 0 spiro atoms. The number of carbonyl (C=O) groups excluding carboxylic acids is 5. The van der Waals surface area contributed by atoms with Gasteiger partial charge >= 0.3 is 23.9 Å². The van der Waals surface area contributed by atoms with E-state index in [2.05, 4.69) is 0 Å². The van der Waals surface area contributed by atoms with Crippen molar-refractivity contribution in [2.24, 2.45) is 0 Å². The lowest BCUT2D eigenvalue weighted by Gasteiger charge is -2.18. The predicted molar refractivity (Wildman–Crippen MR) is 266 cm³/mol. The highest BCUT2D eigenvalue weighted by Gasteiger charge is 2.21. The van der Waals surface area contributed by atoms with Gasteiger partial charge < -0.3 is 71.4 Å². The Morgan fingerprint density at radius 2 is 0.613 bits per heavy atom. The molecule has 0 saturated carbocycles. The molecule has 20 heteroatoms. The topological polar surface area (TPSA) is 235 Å². The molecule has 0 amide bonds. The Bertz CT molecular complexity index is 2570. The van der Waals surface area contributed by atoms with Crippen molar-refractivity contribution < 1.29 is 95.4 Å². The summed E-state index contributed by atoms with van der Waals surface area (Å²) in [5.41, 5.74) is 0.996. The number of ether oxygens (including phenoxy) is 14. The van der Waals surface area contributed by atoms with Gasteiger partial charge in [0, 0.05) is 0 Å². The summed E-state index contributed by atoms with van der Waals surface area (Å²) in [6.07, 6.45) is -2.09. The molecule has 402 valence electrons. The van der Waals surface area contributed by atoms with E-state index in [1.165, 1.54) is 12.1 Å². The third-order valence-electron chi connectivity index (χ3n) is 10.4. The van der Waals surface area contributed by atoms with Crippen LogP contribution in [0.1, 0.15) is 86.4 Å². The second-order valence-corrected chi connectivity index (χ2v) is 16.4. The Labute approximate surface area is 434 Å². The van der Waals surface area contributed by atoms with E-state index in [1.54, 1.807) is 144 Å². The van der Waals surface area contributed by atoms with E-state index < -0.39 is 54.4 Å². The molecule has 0 aliphatic rings. The summed E-state index contributed by atoms with van der Waals surface area (Å²) in [7, 11) is 0. The maximum Gasteiger partial charge on any atom is 0.342 e. The quantitative estimate of drug-likeness (QED) is 0.0180. The molecule has 0 bridgehead atoms. The number of hydrogen-bond donors (Lipinski definition) is 1.